The number of amides is 1. The Balaban J connectivity index is 1.40. The van der Waals surface area contributed by atoms with Crippen molar-refractivity contribution in [3.63, 3.8) is 0 Å². The molecule has 0 radical (unpaired) electrons. The number of aromatic nitrogens is 1. The molecule has 1 aliphatic rings. The Labute approximate surface area is 223 Å². The second-order valence-corrected chi connectivity index (χ2v) is 11.5. The number of nitrogens with zero attached hydrogens (tertiary/aromatic N) is 2. The maximum absolute atomic E-state index is 13.3. The molecule has 1 amide bonds. The molecule has 0 unspecified atom stereocenters. The van der Waals surface area contributed by atoms with Gasteiger partial charge in [0.1, 0.15) is 0 Å². The Bertz CT molecular complexity index is 1520. The van der Waals surface area contributed by atoms with Crippen LogP contribution in [0.1, 0.15) is 27.4 Å². The molecule has 2 heterocycles. The van der Waals surface area contributed by atoms with Crippen molar-refractivity contribution in [2.75, 3.05) is 51.8 Å². The molecule has 198 valence electrons. The van der Waals surface area contributed by atoms with E-state index in [1.54, 1.807) is 12.1 Å². The number of para-hydroxylation sites is 1. The number of H-pyrrole nitrogens is 1. The number of ether oxygens (including phenoxy) is 1. The summed E-state index contributed by atoms with van der Waals surface area (Å²) in [7, 11) is 0.301. The zero-order chi connectivity index (χ0) is 26.7. The average molecular weight is 533 g/mol. The fourth-order valence-corrected chi connectivity index (χ4v) is 6.28. The van der Waals surface area contributed by atoms with Gasteiger partial charge in [-0.05, 0) is 47.5 Å². The standard InChI is InChI=1S/C29H32N4O4S/c1-32(2)23-12-10-21(11-13-23)26(27-20-30-28-9-4-3-8-25(27)28)19-31-29(34)22-6-5-7-24(18-22)38(35,36)33-14-16-37-17-15-33/h3-13,18,20,26,30H,14-17,19H2,1-2H3,(H,31,34)/t26-/m1/s1. The lowest BCUT2D eigenvalue weighted by Gasteiger charge is -2.26. The number of anilines is 1. The Hall–Kier alpha value is -3.66. The molecule has 1 aromatic heterocycles. The molecular formula is C29H32N4O4S. The average Bonchev–Trinajstić information content (AvgIpc) is 3.38. The molecule has 0 aliphatic carbocycles. The van der Waals surface area contributed by atoms with Crippen molar-refractivity contribution in [1.29, 1.82) is 0 Å². The number of fused-ring (bicyclic) bond motifs is 1. The van der Waals surface area contributed by atoms with Crippen LogP contribution in [0.4, 0.5) is 5.69 Å². The van der Waals surface area contributed by atoms with Gasteiger partial charge >= 0.3 is 0 Å². The van der Waals surface area contributed by atoms with Crippen LogP contribution in [-0.2, 0) is 14.8 Å². The van der Waals surface area contributed by atoms with Gasteiger partial charge in [-0.3, -0.25) is 4.79 Å². The number of carbonyl (C=O) groups excluding carboxylic acids is 1. The highest BCUT2D eigenvalue weighted by Crippen LogP contribution is 2.31. The first-order chi connectivity index (χ1) is 18.3. The highest BCUT2D eigenvalue weighted by molar-refractivity contribution is 7.89. The number of nitrogens with one attached hydrogen (secondary N) is 2. The van der Waals surface area contributed by atoms with E-state index < -0.39 is 10.0 Å². The van der Waals surface area contributed by atoms with Crippen LogP contribution in [-0.4, -0.2) is 70.6 Å². The van der Waals surface area contributed by atoms with Crippen LogP contribution in [0.5, 0.6) is 0 Å². The number of hydrogen-bond acceptors (Lipinski definition) is 5. The van der Waals surface area contributed by atoms with Crippen molar-refractivity contribution < 1.29 is 17.9 Å². The molecule has 3 aromatic carbocycles. The lowest BCUT2D eigenvalue weighted by molar-refractivity contribution is 0.0730. The van der Waals surface area contributed by atoms with Crippen molar-refractivity contribution in [1.82, 2.24) is 14.6 Å². The monoisotopic (exact) mass is 532 g/mol. The van der Waals surface area contributed by atoms with E-state index in [2.05, 4.69) is 40.6 Å². The Morgan fingerprint density at radius 2 is 1.76 bits per heavy atom. The molecule has 1 fully saturated rings. The fraction of sp³-hybridized carbons (Fsp3) is 0.276. The first kappa shape index (κ1) is 26.0. The van der Waals surface area contributed by atoms with Gasteiger partial charge in [-0.25, -0.2) is 8.42 Å². The van der Waals surface area contributed by atoms with Gasteiger partial charge in [0, 0.05) is 68.0 Å². The summed E-state index contributed by atoms with van der Waals surface area (Å²) in [6, 6.07) is 22.6. The molecule has 9 heteroatoms. The van der Waals surface area contributed by atoms with Gasteiger partial charge in [0.15, 0.2) is 0 Å². The highest BCUT2D eigenvalue weighted by Gasteiger charge is 2.27. The number of aromatic amines is 1. The van der Waals surface area contributed by atoms with Crippen LogP contribution in [0.15, 0.2) is 83.9 Å². The Kier molecular flexibility index (Phi) is 7.51. The molecule has 5 rings (SSSR count). The van der Waals surface area contributed by atoms with Crippen molar-refractivity contribution in [3.05, 3.63) is 95.7 Å². The van der Waals surface area contributed by atoms with E-state index in [1.807, 2.05) is 43.4 Å². The van der Waals surface area contributed by atoms with Crippen LogP contribution < -0.4 is 10.2 Å². The maximum atomic E-state index is 13.3. The van der Waals surface area contributed by atoms with Crippen molar-refractivity contribution >= 4 is 32.5 Å². The molecule has 0 spiro atoms. The number of carbonyl (C=O) groups is 1. The molecule has 38 heavy (non-hydrogen) atoms. The van der Waals surface area contributed by atoms with Gasteiger partial charge in [0.2, 0.25) is 10.0 Å². The topological polar surface area (TPSA) is 94.7 Å². The summed E-state index contributed by atoms with van der Waals surface area (Å²) in [6.45, 7) is 1.69. The number of rotatable bonds is 8. The van der Waals surface area contributed by atoms with E-state index in [-0.39, 0.29) is 16.7 Å². The number of morpholine rings is 1. The molecule has 0 saturated carbocycles. The smallest absolute Gasteiger partial charge is 0.251 e. The maximum Gasteiger partial charge on any atom is 0.251 e. The quantitative estimate of drug-likeness (QED) is 0.360. The lowest BCUT2D eigenvalue weighted by Crippen LogP contribution is -2.40. The predicted octanol–water partition coefficient (Wildman–Crippen LogP) is 3.82. The first-order valence-electron chi connectivity index (χ1n) is 12.6. The van der Waals surface area contributed by atoms with Gasteiger partial charge in [-0.1, -0.05) is 36.4 Å². The predicted molar refractivity (Wildman–Crippen MR) is 149 cm³/mol. The van der Waals surface area contributed by atoms with Gasteiger partial charge < -0.3 is 19.9 Å². The number of hydrogen-bond donors (Lipinski definition) is 2. The molecule has 1 atom stereocenters. The summed E-state index contributed by atoms with van der Waals surface area (Å²) in [4.78, 5) is 18.8. The van der Waals surface area contributed by atoms with Crippen LogP contribution in [0.25, 0.3) is 10.9 Å². The Morgan fingerprint density at radius 1 is 1.03 bits per heavy atom. The summed E-state index contributed by atoms with van der Waals surface area (Å²) in [5.41, 5.74) is 4.59. The van der Waals surface area contributed by atoms with E-state index >= 15 is 0 Å². The van der Waals surface area contributed by atoms with Crippen molar-refractivity contribution in [2.45, 2.75) is 10.8 Å². The minimum absolute atomic E-state index is 0.105. The lowest BCUT2D eigenvalue weighted by atomic mass is 9.90. The largest absolute Gasteiger partial charge is 0.379 e. The summed E-state index contributed by atoms with van der Waals surface area (Å²) in [5, 5.41) is 4.15. The minimum Gasteiger partial charge on any atom is -0.379 e. The summed E-state index contributed by atoms with van der Waals surface area (Å²) in [5.74, 6) is -0.426. The molecule has 1 saturated heterocycles. The molecule has 8 nitrogen and oxygen atoms in total. The molecule has 0 bridgehead atoms. The molecule has 1 aliphatic heterocycles. The van der Waals surface area contributed by atoms with E-state index in [1.165, 1.54) is 16.4 Å². The first-order valence-corrected chi connectivity index (χ1v) is 14.1. The fourth-order valence-electron chi connectivity index (χ4n) is 4.83. The van der Waals surface area contributed by atoms with Crippen molar-refractivity contribution in [3.8, 4) is 0 Å². The number of sulfonamides is 1. The number of benzene rings is 3. The third-order valence-electron chi connectivity index (χ3n) is 6.98. The van der Waals surface area contributed by atoms with Gasteiger partial charge in [-0.2, -0.15) is 4.31 Å². The van der Waals surface area contributed by atoms with Gasteiger partial charge in [0.05, 0.1) is 18.1 Å². The van der Waals surface area contributed by atoms with Gasteiger partial charge in [-0.15, -0.1) is 0 Å². The molecule has 2 N–H and O–H groups in total. The third-order valence-corrected chi connectivity index (χ3v) is 8.87. The van der Waals surface area contributed by atoms with Crippen molar-refractivity contribution in [2.24, 2.45) is 0 Å². The second-order valence-electron chi connectivity index (χ2n) is 9.58. The summed E-state index contributed by atoms with van der Waals surface area (Å²) < 4.78 is 32.9. The third kappa shape index (κ3) is 5.31. The highest BCUT2D eigenvalue weighted by atomic mass is 32.2. The van der Waals surface area contributed by atoms with E-state index in [9.17, 15) is 13.2 Å². The molecule has 4 aromatic rings. The normalized spacial score (nSPS) is 15.3. The summed E-state index contributed by atoms with van der Waals surface area (Å²) >= 11 is 0. The zero-order valence-electron chi connectivity index (χ0n) is 21.6. The second kappa shape index (κ2) is 11.0. The minimum atomic E-state index is -3.70. The van der Waals surface area contributed by atoms with Crippen LogP contribution in [0, 0.1) is 0 Å². The van der Waals surface area contributed by atoms with Crippen LogP contribution >= 0.6 is 0 Å². The van der Waals surface area contributed by atoms with Crippen LogP contribution in [0.3, 0.4) is 0 Å². The Morgan fingerprint density at radius 3 is 2.50 bits per heavy atom. The summed E-state index contributed by atoms with van der Waals surface area (Å²) in [6.07, 6.45) is 2.00. The SMILES string of the molecule is CN(C)c1ccc([C@@H](CNC(=O)c2cccc(S(=O)(=O)N3CCOCC3)c2)c2c[nH]c3ccccc23)cc1. The van der Waals surface area contributed by atoms with E-state index in [4.69, 9.17) is 4.74 Å². The molecular weight excluding hydrogens is 500 g/mol. The zero-order valence-corrected chi connectivity index (χ0v) is 22.4. The van der Waals surface area contributed by atoms with Gasteiger partial charge in [0.25, 0.3) is 5.91 Å². The van der Waals surface area contributed by atoms with E-state index in [0.29, 0.717) is 38.4 Å². The van der Waals surface area contributed by atoms with E-state index in [0.717, 1.165) is 27.7 Å². The van der Waals surface area contributed by atoms with Crippen LogP contribution in [0.2, 0.25) is 0 Å².